The largest absolute Gasteiger partial charge is 0.507 e. The van der Waals surface area contributed by atoms with Gasteiger partial charge in [0, 0.05) is 43.9 Å². The van der Waals surface area contributed by atoms with Crippen LogP contribution in [0.1, 0.15) is 30.5 Å². The van der Waals surface area contributed by atoms with Crippen LogP contribution >= 0.6 is 24.8 Å². The van der Waals surface area contributed by atoms with Crippen molar-refractivity contribution in [2.75, 3.05) is 26.2 Å². The summed E-state index contributed by atoms with van der Waals surface area (Å²) in [5, 5.41) is 13.9. The second-order valence-electron chi connectivity index (χ2n) is 6.20. The van der Waals surface area contributed by atoms with Crippen molar-refractivity contribution in [3.63, 3.8) is 0 Å². The van der Waals surface area contributed by atoms with E-state index in [2.05, 4.69) is 17.1 Å². The predicted molar refractivity (Wildman–Crippen MR) is 111 cm³/mol. The summed E-state index contributed by atoms with van der Waals surface area (Å²) in [6.07, 6.45) is 0.984. The maximum absolute atomic E-state index is 10.5. The molecule has 0 radical (unpaired) electrons. The van der Waals surface area contributed by atoms with Crippen molar-refractivity contribution in [1.82, 2.24) is 10.2 Å². The molecule has 1 atom stereocenters. The first-order valence-electron chi connectivity index (χ1n) is 8.72. The zero-order valence-corrected chi connectivity index (χ0v) is 16.7. The molecule has 1 saturated heterocycles. The number of hydrogen-bond acceptors (Lipinski definition) is 4. The molecule has 0 bridgehead atoms. The molecule has 26 heavy (non-hydrogen) atoms. The van der Waals surface area contributed by atoms with Crippen LogP contribution in [0.5, 0.6) is 11.5 Å². The Morgan fingerprint density at radius 3 is 2.38 bits per heavy atom. The van der Waals surface area contributed by atoms with Crippen LogP contribution in [0.25, 0.3) is 0 Å². The summed E-state index contributed by atoms with van der Waals surface area (Å²) in [6, 6.07) is 16.0. The molecule has 4 nitrogen and oxygen atoms in total. The van der Waals surface area contributed by atoms with Gasteiger partial charge in [-0.2, -0.15) is 0 Å². The Morgan fingerprint density at radius 2 is 1.77 bits per heavy atom. The van der Waals surface area contributed by atoms with E-state index in [1.54, 1.807) is 6.07 Å². The minimum Gasteiger partial charge on any atom is -0.507 e. The van der Waals surface area contributed by atoms with Gasteiger partial charge in [0.15, 0.2) is 0 Å². The van der Waals surface area contributed by atoms with Crippen LogP contribution in [0.3, 0.4) is 0 Å². The van der Waals surface area contributed by atoms with Crippen LogP contribution in [-0.2, 0) is 6.61 Å². The number of aromatic hydroxyl groups is 1. The number of ether oxygens (including phenoxy) is 1. The van der Waals surface area contributed by atoms with Crippen LogP contribution in [-0.4, -0.2) is 36.2 Å². The number of hydrogen-bond donors (Lipinski definition) is 2. The number of rotatable bonds is 6. The number of benzene rings is 2. The van der Waals surface area contributed by atoms with Gasteiger partial charge in [-0.3, -0.25) is 4.90 Å². The maximum Gasteiger partial charge on any atom is 0.124 e. The Bertz CT molecular complexity index is 650. The van der Waals surface area contributed by atoms with Crippen molar-refractivity contribution in [3.05, 3.63) is 59.7 Å². The van der Waals surface area contributed by atoms with Gasteiger partial charge in [0.2, 0.25) is 0 Å². The third-order valence-corrected chi connectivity index (χ3v) is 4.59. The van der Waals surface area contributed by atoms with Gasteiger partial charge in [0.05, 0.1) is 0 Å². The second-order valence-corrected chi connectivity index (χ2v) is 6.20. The molecule has 1 aliphatic heterocycles. The standard InChI is InChI=1S/C20H26N2O2.2ClH/c1-2-19(22-12-10-21-11-13-22)18-9-8-17(14-20(18)23)24-15-16-6-4-3-5-7-16;;/h3-9,14,19,21,23H,2,10-13,15H2,1H3;2*1H/t19-;;/m1../s1. The molecule has 0 spiro atoms. The summed E-state index contributed by atoms with van der Waals surface area (Å²) in [7, 11) is 0. The Kier molecular flexibility index (Phi) is 9.81. The molecule has 0 saturated carbocycles. The minimum absolute atomic E-state index is 0. The molecular weight excluding hydrogens is 371 g/mol. The maximum atomic E-state index is 10.5. The van der Waals surface area contributed by atoms with Gasteiger partial charge in [-0.15, -0.1) is 24.8 Å². The van der Waals surface area contributed by atoms with E-state index in [9.17, 15) is 5.11 Å². The predicted octanol–water partition coefficient (Wildman–Crippen LogP) is 4.17. The molecular formula is C20H28Cl2N2O2. The number of nitrogens with zero attached hydrogens (tertiary/aromatic N) is 1. The summed E-state index contributed by atoms with van der Waals surface area (Å²) in [5.74, 6) is 1.03. The van der Waals surface area contributed by atoms with Gasteiger partial charge in [-0.1, -0.05) is 43.3 Å². The molecule has 1 fully saturated rings. The van der Waals surface area contributed by atoms with Crippen LogP contribution < -0.4 is 10.1 Å². The summed E-state index contributed by atoms with van der Waals surface area (Å²) < 4.78 is 5.80. The number of phenolic OH excluding ortho intramolecular Hbond substituents is 1. The summed E-state index contributed by atoms with van der Waals surface area (Å²) >= 11 is 0. The van der Waals surface area contributed by atoms with Crippen LogP contribution in [0.15, 0.2) is 48.5 Å². The summed E-state index contributed by atoms with van der Waals surface area (Å²) in [6.45, 7) is 6.74. The third kappa shape index (κ3) is 5.78. The van der Waals surface area contributed by atoms with Crippen molar-refractivity contribution >= 4 is 24.8 Å². The highest BCUT2D eigenvalue weighted by atomic mass is 35.5. The molecule has 1 aliphatic rings. The smallest absolute Gasteiger partial charge is 0.124 e. The van der Waals surface area contributed by atoms with E-state index in [0.717, 1.165) is 43.7 Å². The third-order valence-electron chi connectivity index (χ3n) is 4.59. The zero-order chi connectivity index (χ0) is 16.8. The molecule has 3 rings (SSSR count). The lowest BCUT2D eigenvalue weighted by atomic mass is 10.0. The van der Waals surface area contributed by atoms with Crippen molar-refractivity contribution in [1.29, 1.82) is 0 Å². The lowest BCUT2D eigenvalue weighted by Crippen LogP contribution is -2.45. The Balaban J connectivity index is 0.00000169. The fourth-order valence-corrected chi connectivity index (χ4v) is 3.30. The first-order valence-corrected chi connectivity index (χ1v) is 8.72. The average Bonchev–Trinajstić information content (AvgIpc) is 2.64. The monoisotopic (exact) mass is 398 g/mol. The van der Waals surface area contributed by atoms with E-state index in [4.69, 9.17) is 4.74 Å². The Hall–Kier alpha value is -1.46. The van der Waals surface area contributed by atoms with Gasteiger partial charge < -0.3 is 15.2 Å². The van der Waals surface area contributed by atoms with Gasteiger partial charge in [0.25, 0.3) is 0 Å². The molecule has 144 valence electrons. The SMILES string of the molecule is CC[C@H](c1ccc(OCc2ccccc2)cc1O)N1CCNCC1.Cl.Cl. The second kappa shape index (κ2) is 11.3. The lowest BCUT2D eigenvalue weighted by Gasteiger charge is -2.35. The van der Waals surface area contributed by atoms with Gasteiger partial charge in [0.1, 0.15) is 18.1 Å². The van der Waals surface area contributed by atoms with E-state index < -0.39 is 0 Å². The summed E-state index contributed by atoms with van der Waals surface area (Å²) in [4.78, 5) is 2.44. The molecule has 0 aromatic heterocycles. The van der Waals surface area contributed by atoms with E-state index >= 15 is 0 Å². The molecule has 1 heterocycles. The van der Waals surface area contributed by atoms with Crippen LogP contribution in [0, 0.1) is 0 Å². The van der Waals surface area contributed by atoms with E-state index in [-0.39, 0.29) is 30.9 Å². The highest BCUT2D eigenvalue weighted by molar-refractivity contribution is 5.85. The molecule has 0 unspecified atom stereocenters. The van der Waals surface area contributed by atoms with Crippen LogP contribution in [0.2, 0.25) is 0 Å². The molecule has 2 N–H and O–H groups in total. The average molecular weight is 399 g/mol. The fraction of sp³-hybridized carbons (Fsp3) is 0.400. The number of piperazine rings is 1. The molecule has 0 amide bonds. The van der Waals surface area contributed by atoms with Crippen LogP contribution in [0.4, 0.5) is 0 Å². The Labute approximate surface area is 168 Å². The normalized spacial score (nSPS) is 15.4. The number of nitrogens with one attached hydrogen (secondary N) is 1. The summed E-state index contributed by atoms with van der Waals surface area (Å²) in [5.41, 5.74) is 2.11. The first-order chi connectivity index (χ1) is 11.8. The zero-order valence-electron chi connectivity index (χ0n) is 15.1. The first kappa shape index (κ1) is 22.6. The van der Waals surface area contributed by atoms with Gasteiger partial charge in [-0.25, -0.2) is 0 Å². The fourth-order valence-electron chi connectivity index (χ4n) is 3.30. The van der Waals surface area contributed by atoms with Crippen molar-refractivity contribution in [2.45, 2.75) is 26.0 Å². The molecule has 0 aliphatic carbocycles. The minimum atomic E-state index is 0. The molecule has 2 aromatic rings. The highest BCUT2D eigenvalue weighted by Gasteiger charge is 2.23. The van der Waals surface area contributed by atoms with Crippen molar-refractivity contribution in [3.8, 4) is 11.5 Å². The van der Waals surface area contributed by atoms with Gasteiger partial charge >= 0.3 is 0 Å². The number of halogens is 2. The topological polar surface area (TPSA) is 44.7 Å². The molecule has 2 aromatic carbocycles. The van der Waals surface area contributed by atoms with Gasteiger partial charge in [-0.05, 0) is 18.1 Å². The molecule has 6 heteroatoms. The van der Waals surface area contributed by atoms with E-state index in [0.29, 0.717) is 18.1 Å². The van der Waals surface area contributed by atoms with Crippen molar-refractivity contribution < 1.29 is 9.84 Å². The highest BCUT2D eigenvalue weighted by Crippen LogP contribution is 2.34. The number of phenols is 1. The Morgan fingerprint density at radius 1 is 1.08 bits per heavy atom. The van der Waals surface area contributed by atoms with E-state index in [1.165, 1.54) is 0 Å². The quantitative estimate of drug-likeness (QED) is 0.765. The van der Waals surface area contributed by atoms with Crippen molar-refractivity contribution in [2.24, 2.45) is 0 Å². The van der Waals surface area contributed by atoms with E-state index in [1.807, 2.05) is 42.5 Å². The lowest BCUT2D eigenvalue weighted by molar-refractivity contribution is 0.166.